The molecule has 3 aliphatic carbocycles. The summed E-state index contributed by atoms with van der Waals surface area (Å²) in [5.74, 6) is 1.97. The van der Waals surface area contributed by atoms with E-state index in [0.717, 1.165) is 44.1 Å². The van der Waals surface area contributed by atoms with Crippen molar-refractivity contribution in [3.05, 3.63) is 48.0 Å². The van der Waals surface area contributed by atoms with Crippen LogP contribution in [-0.4, -0.2) is 24.1 Å². The second-order valence-corrected chi connectivity index (χ2v) is 10.4. The predicted molar refractivity (Wildman–Crippen MR) is 118 cm³/mol. The van der Waals surface area contributed by atoms with Crippen molar-refractivity contribution in [2.45, 2.75) is 58.4 Å². The van der Waals surface area contributed by atoms with E-state index >= 15 is 0 Å². The second kappa shape index (κ2) is 7.18. The fourth-order valence-corrected chi connectivity index (χ4v) is 7.51. The quantitative estimate of drug-likeness (QED) is 0.736. The van der Waals surface area contributed by atoms with Crippen LogP contribution in [0.1, 0.15) is 57.9 Å². The molecule has 4 aliphatic rings. The van der Waals surface area contributed by atoms with E-state index in [1.807, 2.05) is 30.3 Å². The van der Waals surface area contributed by atoms with Crippen molar-refractivity contribution in [1.82, 2.24) is 5.32 Å². The molecule has 1 N–H and O–H groups in total. The molecule has 30 heavy (non-hydrogen) atoms. The summed E-state index contributed by atoms with van der Waals surface area (Å²) in [4.78, 5) is 29.4. The highest BCUT2D eigenvalue weighted by atomic mass is 16.2. The summed E-state index contributed by atoms with van der Waals surface area (Å²) in [5, 5.41) is 3.22. The summed E-state index contributed by atoms with van der Waals surface area (Å²) >= 11 is 0. The van der Waals surface area contributed by atoms with Gasteiger partial charge in [-0.2, -0.15) is 0 Å². The number of benzene rings is 1. The van der Waals surface area contributed by atoms with Crippen molar-refractivity contribution in [3.8, 4) is 0 Å². The standard InChI is InChI=1S/C26H32N2O2/c1-25-14-12-20-18(8-11-22-26(20,2)15-13-23(29)28-22)19(25)9-10-21(25)24(30)27-16-17-6-4-3-5-7-17/h3-7,13,15-16,18-22H,8-12,14H2,1-2H3,(H,28,29)/t18?,19?,20?,21-,22-,25+,26-/m1/s1. The number of carbonyl (C=O) groups is 2. The van der Waals surface area contributed by atoms with Crippen LogP contribution in [0.5, 0.6) is 0 Å². The molecular weight excluding hydrogens is 372 g/mol. The van der Waals surface area contributed by atoms with Gasteiger partial charge >= 0.3 is 0 Å². The molecule has 3 fully saturated rings. The Balaban J connectivity index is 1.36. The van der Waals surface area contributed by atoms with E-state index in [4.69, 9.17) is 0 Å². The molecule has 4 heteroatoms. The van der Waals surface area contributed by atoms with Crippen LogP contribution >= 0.6 is 0 Å². The molecule has 1 aliphatic heterocycles. The van der Waals surface area contributed by atoms with Crippen molar-refractivity contribution < 1.29 is 9.59 Å². The van der Waals surface area contributed by atoms with Gasteiger partial charge < -0.3 is 5.32 Å². The first-order chi connectivity index (χ1) is 14.4. The monoisotopic (exact) mass is 404 g/mol. The minimum absolute atomic E-state index is 0.0375. The third-order valence-electron chi connectivity index (χ3n) is 9.12. The van der Waals surface area contributed by atoms with Crippen molar-refractivity contribution in [1.29, 1.82) is 0 Å². The van der Waals surface area contributed by atoms with Crippen LogP contribution in [0.3, 0.4) is 0 Å². The van der Waals surface area contributed by atoms with Gasteiger partial charge in [0.05, 0.1) is 0 Å². The molecule has 4 nitrogen and oxygen atoms in total. The Morgan fingerprint density at radius 1 is 1.07 bits per heavy atom. The maximum Gasteiger partial charge on any atom is 0.249 e. The molecule has 1 heterocycles. The number of rotatable bonds is 2. The first-order valence-electron chi connectivity index (χ1n) is 11.5. The zero-order valence-corrected chi connectivity index (χ0v) is 18.0. The Labute approximate surface area is 179 Å². The van der Waals surface area contributed by atoms with Crippen LogP contribution in [0.15, 0.2) is 47.5 Å². The number of hydrogen-bond donors (Lipinski definition) is 1. The molecule has 0 radical (unpaired) electrons. The van der Waals surface area contributed by atoms with Gasteiger partial charge in [-0.3, -0.25) is 9.59 Å². The van der Waals surface area contributed by atoms with E-state index in [9.17, 15) is 9.59 Å². The van der Waals surface area contributed by atoms with Gasteiger partial charge in [0.25, 0.3) is 0 Å². The summed E-state index contributed by atoms with van der Waals surface area (Å²) in [5.41, 5.74) is 1.08. The van der Waals surface area contributed by atoms with Crippen molar-refractivity contribution in [2.24, 2.45) is 39.5 Å². The zero-order chi connectivity index (χ0) is 20.9. The summed E-state index contributed by atoms with van der Waals surface area (Å²) in [6, 6.07) is 10.1. The average molecular weight is 405 g/mol. The number of aliphatic imine (C=N–C) groups is 1. The second-order valence-electron chi connectivity index (χ2n) is 10.4. The molecule has 0 spiro atoms. The van der Waals surface area contributed by atoms with Crippen LogP contribution in [0.2, 0.25) is 0 Å². The third kappa shape index (κ3) is 2.99. The predicted octanol–water partition coefficient (Wildman–Crippen LogP) is 4.55. The van der Waals surface area contributed by atoms with Gasteiger partial charge in [-0.15, -0.1) is 0 Å². The van der Waals surface area contributed by atoms with Gasteiger partial charge in [-0.1, -0.05) is 50.3 Å². The van der Waals surface area contributed by atoms with Gasteiger partial charge in [-0.05, 0) is 73.3 Å². The lowest BCUT2D eigenvalue weighted by molar-refractivity contribution is -0.131. The third-order valence-corrected chi connectivity index (χ3v) is 9.12. The van der Waals surface area contributed by atoms with Crippen LogP contribution in [0.4, 0.5) is 0 Å². The Morgan fingerprint density at radius 3 is 2.67 bits per heavy atom. The molecular formula is C26H32N2O2. The highest BCUT2D eigenvalue weighted by molar-refractivity contribution is 5.93. The molecule has 1 aromatic carbocycles. The minimum atomic E-state index is 0.0375. The topological polar surface area (TPSA) is 58.5 Å². The Hall–Kier alpha value is -2.23. The van der Waals surface area contributed by atoms with Crippen LogP contribution in [-0.2, 0) is 9.59 Å². The number of nitrogens with zero attached hydrogens (tertiary/aromatic N) is 1. The summed E-state index contributed by atoms with van der Waals surface area (Å²) in [6.45, 7) is 4.70. The number of carbonyl (C=O) groups excluding carboxylic acids is 2. The lowest BCUT2D eigenvalue weighted by Gasteiger charge is -2.58. The van der Waals surface area contributed by atoms with Crippen LogP contribution < -0.4 is 5.32 Å². The lowest BCUT2D eigenvalue weighted by Crippen LogP contribution is -2.59. The van der Waals surface area contributed by atoms with Gasteiger partial charge in [0.15, 0.2) is 0 Å². The summed E-state index contributed by atoms with van der Waals surface area (Å²) < 4.78 is 0. The largest absolute Gasteiger partial charge is 0.349 e. The SMILES string of the molecule is C[C@]12CCC3C(CC[C@H]4NC(=O)C=C[C@]34C)C1CC[C@@H]2C(=O)N=Cc1ccccc1. The maximum atomic E-state index is 13.1. The van der Waals surface area contributed by atoms with E-state index in [1.54, 1.807) is 12.3 Å². The number of nitrogens with one attached hydrogen (secondary N) is 1. The molecule has 158 valence electrons. The van der Waals surface area contributed by atoms with Crippen molar-refractivity contribution in [2.75, 3.05) is 0 Å². The van der Waals surface area contributed by atoms with Crippen LogP contribution in [0.25, 0.3) is 0 Å². The number of amides is 2. The molecule has 1 aromatic rings. The first kappa shape index (κ1) is 19.7. The number of fused-ring (bicyclic) bond motifs is 5. The molecule has 3 saturated carbocycles. The molecule has 0 saturated heterocycles. The maximum absolute atomic E-state index is 13.1. The fourth-order valence-electron chi connectivity index (χ4n) is 7.51. The van der Waals surface area contributed by atoms with E-state index in [2.05, 4.69) is 30.2 Å². The molecule has 2 amide bonds. The average Bonchev–Trinajstić information content (AvgIpc) is 3.10. The summed E-state index contributed by atoms with van der Waals surface area (Å²) in [6.07, 6.45) is 12.2. The van der Waals surface area contributed by atoms with Gasteiger partial charge in [0, 0.05) is 23.6 Å². The van der Waals surface area contributed by atoms with E-state index in [-0.39, 0.29) is 34.6 Å². The Kier molecular flexibility index (Phi) is 4.72. The molecule has 0 aromatic heterocycles. The summed E-state index contributed by atoms with van der Waals surface area (Å²) in [7, 11) is 0. The molecule has 5 rings (SSSR count). The van der Waals surface area contributed by atoms with Crippen molar-refractivity contribution in [3.63, 3.8) is 0 Å². The zero-order valence-electron chi connectivity index (χ0n) is 18.0. The fraction of sp³-hybridized carbons (Fsp3) is 0.577. The van der Waals surface area contributed by atoms with Crippen molar-refractivity contribution >= 4 is 18.0 Å². The highest BCUT2D eigenvalue weighted by Gasteiger charge is 2.60. The van der Waals surface area contributed by atoms with Crippen LogP contribution in [0, 0.1) is 34.5 Å². The van der Waals surface area contributed by atoms with Gasteiger partial charge in [0.2, 0.25) is 11.8 Å². The Morgan fingerprint density at radius 2 is 1.87 bits per heavy atom. The number of hydrogen-bond acceptors (Lipinski definition) is 2. The van der Waals surface area contributed by atoms with E-state index in [1.165, 1.54) is 0 Å². The smallest absolute Gasteiger partial charge is 0.249 e. The van der Waals surface area contributed by atoms with Gasteiger partial charge in [-0.25, -0.2) is 4.99 Å². The van der Waals surface area contributed by atoms with E-state index < -0.39 is 0 Å². The van der Waals surface area contributed by atoms with E-state index in [0.29, 0.717) is 17.8 Å². The lowest BCUT2D eigenvalue weighted by atomic mass is 9.48. The molecule has 3 unspecified atom stereocenters. The van der Waals surface area contributed by atoms with Gasteiger partial charge in [0.1, 0.15) is 0 Å². The molecule has 0 bridgehead atoms. The normalized spacial score (nSPS) is 42.3. The first-order valence-corrected chi connectivity index (χ1v) is 11.5. The Bertz CT molecular complexity index is 907. The minimum Gasteiger partial charge on any atom is -0.349 e. The highest BCUT2D eigenvalue weighted by Crippen LogP contribution is 2.65. The molecule has 7 atom stereocenters.